The van der Waals surface area contributed by atoms with Crippen LogP contribution in [0.3, 0.4) is 0 Å². The third kappa shape index (κ3) is 1.82. The summed E-state index contributed by atoms with van der Waals surface area (Å²) in [4.78, 5) is 14.4. The van der Waals surface area contributed by atoms with Crippen LogP contribution in [0.4, 0.5) is 0 Å². The van der Waals surface area contributed by atoms with Crippen LogP contribution in [0.1, 0.15) is 30.9 Å². The molecule has 1 aromatic carbocycles. The number of rotatable bonds is 2. The Morgan fingerprint density at radius 2 is 2.12 bits per heavy atom. The average molecular weight is 280 g/mol. The third-order valence-corrected chi connectivity index (χ3v) is 3.93. The maximum atomic E-state index is 12.0. The minimum absolute atomic E-state index is 0.0185. The molecule has 1 heterocycles. The first-order chi connectivity index (χ1) is 7.75. The number of halogens is 1. The van der Waals surface area contributed by atoms with Crippen molar-refractivity contribution in [3.8, 4) is 0 Å². The number of nitrogens with zero attached hydrogens (tertiary/aromatic N) is 1. The Labute approximate surface area is 104 Å². The SMILES string of the molecule is O=C1CCN(C2CC2)C1c1cccc(Br)c1. The molecule has 3 rings (SSSR count). The summed E-state index contributed by atoms with van der Waals surface area (Å²) in [5.74, 6) is 0.380. The van der Waals surface area contributed by atoms with Gasteiger partial charge in [-0.05, 0) is 30.5 Å². The second-order valence-corrected chi connectivity index (χ2v) is 5.56. The maximum absolute atomic E-state index is 12.0. The van der Waals surface area contributed by atoms with Crippen LogP contribution in [0, 0.1) is 0 Å². The molecule has 2 fully saturated rings. The van der Waals surface area contributed by atoms with Crippen LogP contribution >= 0.6 is 15.9 Å². The van der Waals surface area contributed by atoms with E-state index in [4.69, 9.17) is 0 Å². The fraction of sp³-hybridized carbons (Fsp3) is 0.462. The molecule has 0 bridgehead atoms. The highest BCUT2D eigenvalue weighted by molar-refractivity contribution is 9.10. The van der Waals surface area contributed by atoms with Crippen molar-refractivity contribution in [2.45, 2.75) is 31.3 Å². The second kappa shape index (κ2) is 3.97. The fourth-order valence-electron chi connectivity index (χ4n) is 2.54. The minimum atomic E-state index is 0.0185. The lowest BCUT2D eigenvalue weighted by Crippen LogP contribution is -2.27. The highest BCUT2D eigenvalue weighted by Crippen LogP contribution is 2.39. The van der Waals surface area contributed by atoms with Gasteiger partial charge in [0.25, 0.3) is 0 Å². The van der Waals surface area contributed by atoms with E-state index >= 15 is 0 Å². The van der Waals surface area contributed by atoms with E-state index in [0.717, 1.165) is 16.6 Å². The average Bonchev–Trinajstić information content (AvgIpc) is 3.02. The third-order valence-electron chi connectivity index (χ3n) is 3.43. The minimum Gasteiger partial charge on any atom is -0.297 e. The molecule has 1 aromatic rings. The van der Waals surface area contributed by atoms with Gasteiger partial charge in [0.2, 0.25) is 0 Å². The summed E-state index contributed by atoms with van der Waals surface area (Å²) in [6, 6.07) is 8.83. The van der Waals surface area contributed by atoms with Crippen molar-refractivity contribution >= 4 is 21.7 Å². The lowest BCUT2D eigenvalue weighted by atomic mass is 10.0. The van der Waals surface area contributed by atoms with Crippen LogP contribution in [0.2, 0.25) is 0 Å². The van der Waals surface area contributed by atoms with Crippen molar-refractivity contribution in [1.82, 2.24) is 4.90 Å². The van der Waals surface area contributed by atoms with Gasteiger partial charge in [-0.1, -0.05) is 28.1 Å². The number of hydrogen-bond acceptors (Lipinski definition) is 2. The lowest BCUT2D eigenvalue weighted by molar-refractivity contribution is -0.120. The van der Waals surface area contributed by atoms with E-state index in [9.17, 15) is 4.79 Å². The summed E-state index contributed by atoms with van der Waals surface area (Å²) in [6.07, 6.45) is 3.24. The van der Waals surface area contributed by atoms with Gasteiger partial charge in [-0.2, -0.15) is 0 Å². The molecule has 0 radical (unpaired) electrons. The normalized spacial score (nSPS) is 26.3. The zero-order chi connectivity index (χ0) is 11.1. The van der Waals surface area contributed by atoms with Crippen LogP contribution in [0.5, 0.6) is 0 Å². The van der Waals surface area contributed by atoms with Gasteiger partial charge >= 0.3 is 0 Å². The summed E-state index contributed by atoms with van der Waals surface area (Å²) in [5, 5.41) is 0. The van der Waals surface area contributed by atoms with Gasteiger partial charge in [-0.15, -0.1) is 0 Å². The van der Waals surface area contributed by atoms with Crippen molar-refractivity contribution in [3.63, 3.8) is 0 Å². The Morgan fingerprint density at radius 3 is 2.81 bits per heavy atom. The van der Waals surface area contributed by atoms with Crippen LogP contribution in [-0.4, -0.2) is 23.3 Å². The molecule has 1 saturated heterocycles. The van der Waals surface area contributed by atoms with Crippen LogP contribution in [-0.2, 0) is 4.79 Å². The molecule has 84 valence electrons. The monoisotopic (exact) mass is 279 g/mol. The second-order valence-electron chi connectivity index (χ2n) is 4.64. The molecule has 1 saturated carbocycles. The Balaban J connectivity index is 1.93. The Morgan fingerprint density at radius 1 is 1.31 bits per heavy atom. The van der Waals surface area contributed by atoms with Crippen molar-refractivity contribution in [2.24, 2.45) is 0 Å². The Hall–Kier alpha value is -0.670. The number of Topliss-reactive ketones (excluding diaryl/α,β-unsaturated/α-hetero) is 1. The predicted octanol–water partition coefficient (Wildman–Crippen LogP) is 2.93. The molecule has 1 aliphatic carbocycles. The lowest BCUT2D eigenvalue weighted by Gasteiger charge is -2.23. The molecule has 0 spiro atoms. The molecule has 1 unspecified atom stereocenters. The van der Waals surface area contributed by atoms with Crippen molar-refractivity contribution < 1.29 is 4.79 Å². The zero-order valence-corrected chi connectivity index (χ0v) is 10.6. The molecule has 0 N–H and O–H groups in total. The molecule has 16 heavy (non-hydrogen) atoms. The molecule has 2 aliphatic rings. The number of likely N-dealkylation sites (tertiary alicyclic amines) is 1. The molecule has 3 heteroatoms. The van der Waals surface area contributed by atoms with Gasteiger partial charge in [0.05, 0.1) is 6.04 Å². The van der Waals surface area contributed by atoms with Gasteiger partial charge in [0, 0.05) is 23.5 Å². The van der Waals surface area contributed by atoms with E-state index in [1.807, 2.05) is 12.1 Å². The number of carbonyl (C=O) groups excluding carboxylic acids is 1. The first kappa shape index (κ1) is 10.5. The van der Waals surface area contributed by atoms with Gasteiger partial charge in [0.1, 0.15) is 0 Å². The van der Waals surface area contributed by atoms with E-state index in [-0.39, 0.29) is 6.04 Å². The zero-order valence-electron chi connectivity index (χ0n) is 9.03. The standard InChI is InChI=1S/C13H14BrNO/c14-10-3-1-2-9(8-10)13-12(16)6-7-15(13)11-4-5-11/h1-3,8,11,13H,4-7H2. The first-order valence-electron chi connectivity index (χ1n) is 5.79. The van der Waals surface area contributed by atoms with Crippen LogP contribution < -0.4 is 0 Å². The summed E-state index contributed by atoms with van der Waals surface area (Å²) in [5.41, 5.74) is 1.14. The number of benzene rings is 1. The molecular formula is C13H14BrNO. The van der Waals surface area contributed by atoms with E-state index in [2.05, 4.69) is 33.0 Å². The molecule has 1 aliphatic heterocycles. The van der Waals surface area contributed by atoms with Crippen molar-refractivity contribution in [1.29, 1.82) is 0 Å². The van der Waals surface area contributed by atoms with Crippen LogP contribution in [0.15, 0.2) is 28.7 Å². The topological polar surface area (TPSA) is 20.3 Å². The number of hydrogen-bond donors (Lipinski definition) is 0. The van der Waals surface area contributed by atoms with Crippen molar-refractivity contribution in [2.75, 3.05) is 6.54 Å². The van der Waals surface area contributed by atoms with E-state index in [0.29, 0.717) is 18.2 Å². The molecular weight excluding hydrogens is 266 g/mol. The highest BCUT2D eigenvalue weighted by atomic mass is 79.9. The number of carbonyl (C=O) groups is 1. The van der Waals surface area contributed by atoms with Crippen LogP contribution in [0.25, 0.3) is 0 Å². The summed E-state index contributed by atoms with van der Waals surface area (Å²) >= 11 is 3.47. The van der Waals surface area contributed by atoms with Gasteiger partial charge in [0.15, 0.2) is 5.78 Å². The highest BCUT2D eigenvalue weighted by Gasteiger charge is 2.41. The maximum Gasteiger partial charge on any atom is 0.155 e. The largest absolute Gasteiger partial charge is 0.297 e. The van der Waals surface area contributed by atoms with Gasteiger partial charge in [-0.25, -0.2) is 0 Å². The molecule has 2 nitrogen and oxygen atoms in total. The molecule has 1 atom stereocenters. The quantitative estimate of drug-likeness (QED) is 0.830. The first-order valence-corrected chi connectivity index (χ1v) is 6.59. The van der Waals surface area contributed by atoms with E-state index < -0.39 is 0 Å². The van der Waals surface area contributed by atoms with Gasteiger partial charge in [-0.3, -0.25) is 9.69 Å². The number of ketones is 1. The molecule has 0 amide bonds. The Bertz CT molecular complexity index is 428. The van der Waals surface area contributed by atoms with E-state index in [1.54, 1.807) is 0 Å². The van der Waals surface area contributed by atoms with E-state index in [1.165, 1.54) is 12.8 Å². The Kier molecular flexibility index (Phi) is 2.60. The summed E-state index contributed by atoms with van der Waals surface area (Å²) < 4.78 is 1.06. The van der Waals surface area contributed by atoms with Gasteiger partial charge < -0.3 is 0 Å². The predicted molar refractivity (Wildman–Crippen MR) is 66.2 cm³/mol. The van der Waals surface area contributed by atoms with Crippen molar-refractivity contribution in [3.05, 3.63) is 34.3 Å². The summed E-state index contributed by atoms with van der Waals surface area (Å²) in [7, 11) is 0. The smallest absolute Gasteiger partial charge is 0.155 e. The molecule has 0 aromatic heterocycles. The fourth-order valence-corrected chi connectivity index (χ4v) is 2.96. The summed E-state index contributed by atoms with van der Waals surface area (Å²) in [6.45, 7) is 0.945.